The molecule has 3 amide bonds. The quantitative estimate of drug-likeness (QED) is 0.180. The van der Waals surface area contributed by atoms with Gasteiger partial charge in [-0.25, -0.2) is 18.3 Å². The second-order valence-electron chi connectivity index (χ2n) is 15.2. The molecule has 0 bridgehead atoms. The molecule has 4 aliphatic rings. The number of piperidine rings is 2. The molecule has 0 saturated carbocycles. The lowest BCUT2D eigenvalue weighted by Crippen LogP contribution is -2.70. The Labute approximate surface area is 325 Å². The maximum atomic E-state index is 15.9. The van der Waals surface area contributed by atoms with E-state index in [0.717, 1.165) is 40.2 Å². The average molecular weight is 781 g/mol. The first-order valence-electron chi connectivity index (χ1n) is 18.6. The summed E-state index contributed by atoms with van der Waals surface area (Å²) in [5, 5.41) is 10.6. The molecule has 3 saturated heterocycles. The third kappa shape index (κ3) is 6.00. The summed E-state index contributed by atoms with van der Waals surface area (Å²) in [6, 6.07) is 17.2. The van der Waals surface area contributed by atoms with Crippen molar-refractivity contribution in [2.45, 2.75) is 44.1 Å². The van der Waals surface area contributed by atoms with E-state index in [1.54, 1.807) is 25.4 Å². The number of benzene rings is 2. The van der Waals surface area contributed by atoms with E-state index >= 15 is 8.78 Å². The van der Waals surface area contributed by atoms with Gasteiger partial charge in [-0.15, -0.1) is 5.10 Å². The lowest BCUT2D eigenvalue weighted by Gasteiger charge is -2.58. The molecule has 0 radical (unpaired) electrons. The number of imide groups is 1. The van der Waals surface area contributed by atoms with Crippen LogP contribution in [0.4, 0.5) is 31.7 Å². The number of hydrogen-bond acceptors (Lipinski definition) is 10. The minimum atomic E-state index is -2.89. The van der Waals surface area contributed by atoms with Crippen molar-refractivity contribution in [3.63, 3.8) is 0 Å². The van der Waals surface area contributed by atoms with Crippen LogP contribution >= 0.6 is 11.6 Å². The van der Waals surface area contributed by atoms with E-state index in [9.17, 15) is 14.4 Å². The molecule has 56 heavy (non-hydrogen) atoms. The van der Waals surface area contributed by atoms with E-state index in [0.29, 0.717) is 60.2 Å². The van der Waals surface area contributed by atoms with Crippen molar-refractivity contribution in [3.8, 4) is 11.3 Å². The number of halogens is 3. The Morgan fingerprint density at radius 1 is 1.04 bits per heavy atom. The first kappa shape index (κ1) is 36.0. The standard InChI is InChI=1S/C40H39ClF2N10O3/c1-45-31-16-34(49-53-33(36(44)55)18-47-37(31)53)52-13-11-27-26(3-2-4-32(27)52)30-9-5-23(17-46-30)19-50-14-12-39(40(42,43)22-50)20-51(21-39)24-6-7-25(29(41)15-24)28-8-10-35(54)48-38(28)56/h2-7,9,15-18,28,45H,8,10-14,19-22H2,1H3,(H2,44,55)(H,48,54,56). The van der Waals surface area contributed by atoms with Crippen LogP contribution in [0.1, 0.15) is 52.4 Å². The van der Waals surface area contributed by atoms with Crippen molar-refractivity contribution in [2.75, 3.05) is 54.9 Å². The van der Waals surface area contributed by atoms with Crippen LogP contribution in [0.5, 0.6) is 0 Å². The molecule has 7 heterocycles. The van der Waals surface area contributed by atoms with Crippen LogP contribution in [0.25, 0.3) is 16.9 Å². The number of alkyl halides is 2. The molecule has 9 rings (SSSR count). The van der Waals surface area contributed by atoms with Crippen LogP contribution in [0.2, 0.25) is 5.02 Å². The second kappa shape index (κ2) is 13.5. The molecule has 288 valence electrons. The SMILES string of the molecule is CNc1cc(N2CCc3c(-c4ccc(CN5CCC6(CN(c7ccc(C8CCC(=O)NC8=O)c(Cl)c7)C6)C(F)(F)C5)cn4)cccc32)nn2c(C(N)=O)cnc12. The van der Waals surface area contributed by atoms with Crippen molar-refractivity contribution in [1.29, 1.82) is 0 Å². The third-order valence-corrected chi connectivity index (χ3v) is 12.2. The Morgan fingerprint density at radius 3 is 2.59 bits per heavy atom. The van der Waals surface area contributed by atoms with Crippen molar-refractivity contribution < 1.29 is 23.2 Å². The number of primary amides is 1. The smallest absolute Gasteiger partial charge is 0.269 e. The summed E-state index contributed by atoms with van der Waals surface area (Å²) < 4.78 is 33.3. The minimum absolute atomic E-state index is 0.191. The van der Waals surface area contributed by atoms with Crippen LogP contribution in [0.3, 0.4) is 0 Å². The summed E-state index contributed by atoms with van der Waals surface area (Å²) in [5.74, 6) is -4.04. The van der Waals surface area contributed by atoms with E-state index in [4.69, 9.17) is 27.4 Å². The number of imidazole rings is 1. The second-order valence-corrected chi connectivity index (χ2v) is 15.6. The highest BCUT2D eigenvalue weighted by Crippen LogP contribution is 2.52. The molecule has 4 aliphatic heterocycles. The number of hydrogen-bond donors (Lipinski definition) is 3. The maximum Gasteiger partial charge on any atom is 0.269 e. The van der Waals surface area contributed by atoms with Gasteiger partial charge in [-0.3, -0.25) is 29.6 Å². The first-order chi connectivity index (χ1) is 26.9. The summed E-state index contributed by atoms with van der Waals surface area (Å²) in [6.07, 6.45) is 4.94. The Hall–Kier alpha value is -5.67. The minimum Gasteiger partial charge on any atom is -0.385 e. The lowest BCUT2D eigenvalue weighted by molar-refractivity contribution is -0.181. The number of pyridine rings is 1. The van der Waals surface area contributed by atoms with Gasteiger partial charge in [0.15, 0.2) is 11.5 Å². The average Bonchev–Trinajstić information content (AvgIpc) is 3.79. The number of rotatable bonds is 8. The van der Waals surface area contributed by atoms with Gasteiger partial charge in [-0.05, 0) is 66.8 Å². The molecule has 1 spiro atoms. The summed E-state index contributed by atoms with van der Waals surface area (Å²) in [5.41, 5.74) is 12.0. The zero-order valence-corrected chi connectivity index (χ0v) is 31.3. The zero-order valence-electron chi connectivity index (χ0n) is 30.6. The number of nitrogens with two attached hydrogens (primary N) is 1. The van der Waals surface area contributed by atoms with Gasteiger partial charge in [0, 0.05) is 73.9 Å². The number of aromatic nitrogens is 4. The molecule has 0 aliphatic carbocycles. The molecule has 13 nitrogen and oxygen atoms in total. The Bertz CT molecular complexity index is 2420. The Kier molecular flexibility index (Phi) is 8.69. The van der Waals surface area contributed by atoms with Crippen molar-refractivity contribution >= 4 is 57.8 Å². The van der Waals surface area contributed by atoms with E-state index < -0.39 is 23.2 Å². The predicted octanol–water partition coefficient (Wildman–Crippen LogP) is 5.15. The van der Waals surface area contributed by atoms with Crippen molar-refractivity contribution in [1.82, 2.24) is 29.8 Å². The number of anilines is 4. The van der Waals surface area contributed by atoms with Crippen LogP contribution in [-0.4, -0.2) is 87.9 Å². The van der Waals surface area contributed by atoms with E-state index in [-0.39, 0.29) is 43.6 Å². The fraction of sp³-hybridized carbons (Fsp3) is 0.350. The number of likely N-dealkylation sites (tertiary alicyclic amines) is 1. The van der Waals surface area contributed by atoms with Crippen LogP contribution in [0.15, 0.2) is 67.0 Å². The van der Waals surface area contributed by atoms with Gasteiger partial charge in [-0.1, -0.05) is 35.9 Å². The lowest BCUT2D eigenvalue weighted by atomic mass is 9.69. The number of nitrogens with one attached hydrogen (secondary N) is 2. The molecule has 1 unspecified atom stereocenters. The van der Waals surface area contributed by atoms with Gasteiger partial charge in [0.25, 0.3) is 11.8 Å². The highest BCUT2D eigenvalue weighted by atomic mass is 35.5. The van der Waals surface area contributed by atoms with Crippen LogP contribution in [0, 0.1) is 5.41 Å². The highest BCUT2D eigenvalue weighted by molar-refractivity contribution is 6.32. The van der Waals surface area contributed by atoms with Gasteiger partial charge in [0.05, 0.1) is 35.5 Å². The Balaban J connectivity index is 0.853. The first-order valence-corrected chi connectivity index (χ1v) is 19.0. The number of fused-ring (bicyclic) bond motifs is 2. The number of carbonyl (C=O) groups excluding carboxylic acids is 3. The van der Waals surface area contributed by atoms with E-state index in [2.05, 4.69) is 20.5 Å². The molecular weight excluding hydrogens is 742 g/mol. The molecule has 2 aromatic carbocycles. The van der Waals surface area contributed by atoms with Gasteiger partial charge in [-0.2, -0.15) is 0 Å². The number of amides is 3. The van der Waals surface area contributed by atoms with Gasteiger partial charge >= 0.3 is 0 Å². The molecule has 3 aromatic heterocycles. The fourth-order valence-corrected chi connectivity index (χ4v) is 9.05. The highest BCUT2D eigenvalue weighted by Gasteiger charge is 2.62. The number of nitrogens with zero attached hydrogens (tertiary/aromatic N) is 7. The Morgan fingerprint density at radius 2 is 1.88 bits per heavy atom. The van der Waals surface area contributed by atoms with Crippen LogP contribution in [-0.2, 0) is 22.6 Å². The molecule has 4 N–H and O–H groups in total. The maximum absolute atomic E-state index is 15.9. The van der Waals surface area contributed by atoms with Gasteiger partial charge < -0.3 is 20.9 Å². The van der Waals surface area contributed by atoms with Crippen LogP contribution < -0.4 is 26.2 Å². The molecule has 16 heteroatoms. The summed E-state index contributed by atoms with van der Waals surface area (Å²) in [7, 11) is 1.78. The largest absolute Gasteiger partial charge is 0.385 e. The molecule has 3 fully saturated rings. The van der Waals surface area contributed by atoms with Gasteiger partial charge in [0.1, 0.15) is 5.69 Å². The number of carbonyl (C=O) groups is 3. The molecule has 5 aromatic rings. The van der Waals surface area contributed by atoms with E-state index in [1.807, 2.05) is 52.3 Å². The normalized spacial score (nSPS) is 20.2. The summed E-state index contributed by atoms with van der Waals surface area (Å²) >= 11 is 6.58. The monoisotopic (exact) mass is 780 g/mol. The zero-order chi connectivity index (χ0) is 38.9. The van der Waals surface area contributed by atoms with Crippen molar-refractivity contribution in [2.24, 2.45) is 11.1 Å². The van der Waals surface area contributed by atoms with Crippen molar-refractivity contribution in [3.05, 3.63) is 94.4 Å². The topological polar surface area (TPSA) is 154 Å². The van der Waals surface area contributed by atoms with E-state index in [1.165, 1.54) is 10.7 Å². The molecule has 1 atom stereocenters. The van der Waals surface area contributed by atoms with Gasteiger partial charge in [0.2, 0.25) is 11.8 Å². The molecular formula is C40H39ClF2N10O3. The fourth-order valence-electron chi connectivity index (χ4n) is 8.75. The summed E-state index contributed by atoms with van der Waals surface area (Å²) in [4.78, 5) is 50.9. The summed E-state index contributed by atoms with van der Waals surface area (Å²) in [6.45, 7) is 1.67. The predicted molar refractivity (Wildman–Crippen MR) is 207 cm³/mol. The third-order valence-electron chi connectivity index (χ3n) is 11.8.